The fraction of sp³-hybridized carbons (Fsp3) is 0.250. The topological polar surface area (TPSA) is 76.5 Å². The smallest absolute Gasteiger partial charge is 0.304 e. The highest BCUT2D eigenvalue weighted by molar-refractivity contribution is 6.31. The van der Waals surface area contributed by atoms with Crippen LogP contribution in [0.3, 0.4) is 0 Å². The Bertz CT molecular complexity index is 550. The van der Waals surface area contributed by atoms with Crippen molar-refractivity contribution in [2.45, 2.75) is 12.3 Å². The first-order chi connectivity index (χ1) is 8.10. The van der Waals surface area contributed by atoms with Gasteiger partial charge in [-0.3, -0.25) is 4.79 Å². The van der Waals surface area contributed by atoms with Crippen molar-refractivity contribution < 1.29 is 14.3 Å². The third kappa shape index (κ3) is 2.60. The number of aliphatic carboxylic acids is 1. The normalized spacial score (nSPS) is 12.8. The second-order valence-corrected chi connectivity index (χ2v) is 4.30. The standard InChI is InChI=1S/C12H12ClNO3/c13-9-1-2-10-7(3-9)4-11(17-10)8(6-14)5-12(15)16/h1-4,8H,5-6,14H2,(H,15,16). The minimum Gasteiger partial charge on any atom is -0.481 e. The molecule has 3 N–H and O–H groups in total. The monoisotopic (exact) mass is 253 g/mol. The van der Waals surface area contributed by atoms with Gasteiger partial charge in [-0.15, -0.1) is 0 Å². The number of hydrogen-bond acceptors (Lipinski definition) is 3. The van der Waals surface area contributed by atoms with Crippen LogP contribution >= 0.6 is 11.6 Å². The first-order valence-electron chi connectivity index (χ1n) is 5.21. The van der Waals surface area contributed by atoms with Gasteiger partial charge in [0.05, 0.1) is 6.42 Å². The maximum atomic E-state index is 10.7. The van der Waals surface area contributed by atoms with Gasteiger partial charge < -0.3 is 15.3 Å². The zero-order valence-electron chi connectivity index (χ0n) is 9.02. The summed E-state index contributed by atoms with van der Waals surface area (Å²) in [6.07, 6.45) is -0.0376. The van der Waals surface area contributed by atoms with Gasteiger partial charge in [0, 0.05) is 22.9 Å². The lowest BCUT2D eigenvalue weighted by Crippen LogP contribution is -2.15. The molecule has 0 radical (unpaired) electrons. The van der Waals surface area contributed by atoms with Crippen molar-refractivity contribution in [3.63, 3.8) is 0 Å². The van der Waals surface area contributed by atoms with Crippen molar-refractivity contribution in [3.8, 4) is 0 Å². The molecule has 0 saturated heterocycles. The van der Waals surface area contributed by atoms with Gasteiger partial charge in [0.25, 0.3) is 0 Å². The number of benzene rings is 1. The molecule has 2 aromatic rings. The van der Waals surface area contributed by atoms with E-state index in [0.29, 0.717) is 16.4 Å². The summed E-state index contributed by atoms with van der Waals surface area (Å²) < 4.78 is 5.57. The van der Waals surface area contributed by atoms with Crippen LogP contribution in [0.25, 0.3) is 11.0 Å². The number of hydrogen-bond donors (Lipinski definition) is 2. The van der Waals surface area contributed by atoms with E-state index in [0.717, 1.165) is 5.39 Å². The summed E-state index contributed by atoms with van der Waals surface area (Å²) in [5.74, 6) is -0.607. The van der Waals surface area contributed by atoms with Gasteiger partial charge in [-0.25, -0.2) is 0 Å². The molecule has 90 valence electrons. The fourth-order valence-electron chi connectivity index (χ4n) is 1.75. The van der Waals surface area contributed by atoms with Gasteiger partial charge in [-0.1, -0.05) is 11.6 Å². The van der Waals surface area contributed by atoms with Crippen LogP contribution in [0.2, 0.25) is 5.02 Å². The molecule has 1 atom stereocenters. The lowest BCUT2D eigenvalue weighted by atomic mass is 10.0. The molecular weight excluding hydrogens is 242 g/mol. The molecule has 0 saturated carbocycles. The number of fused-ring (bicyclic) bond motifs is 1. The predicted molar refractivity (Wildman–Crippen MR) is 65.3 cm³/mol. The van der Waals surface area contributed by atoms with Gasteiger partial charge in [-0.2, -0.15) is 0 Å². The molecule has 2 rings (SSSR count). The van der Waals surface area contributed by atoms with Crippen molar-refractivity contribution in [2.75, 3.05) is 6.54 Å². The molecule has 1 heterocycles. The van der Waals surface area contributed by atoms with E-state index in [-0.39, 0.29) is 18.9 Å². The molecule has 0 fully saturated rings. The summed E-state index contributed by atoms with van der Waals surface area (Å²) in [7, 11) is 0. The van der Waals surface area contributed by atoms with E-state index in [1.165, 1.54) is 0 Å². The molecule has 0 amide bonds. The number of nitrogens with two attached hydrogens (primary N) is 1. The van der Waals surface area contributed by atoms with E-state index in [4.69, 9.17) is 26.9 Å². The number of furan rings is 1. The van der Waals surface area contributed by atoms with E-state index in [1.807, 2.05) is 0 Å². The van der Waals surface area contributed by atoms with Gasteiger partial charge in [0.15, 0.2) is 0 Å². The lowest BCUT2D eigenvalue weighted by Gasteiger charge is -2.07. The van der Waals surface area contributed by atoms with Crippen LogP contribution < -0.4 is 5.73 Å². The third-order valence-corrected chi connectivity index (χ3v) is 2.84. The number of carboxylic acid groups (broad SMARTS) is 1. The molecule has 0 aliphatic rings. The summed E-state index contributed by atoms with van der Waals surface area (Å²) in [5, 5.41) is 10.3. The average molecular weight is 254 g/mol. The molecular formula is C12H12ClNO3. The van der Waals surface area contributed by atoms with Gasteiger partial charge in [-0.05, 0) is 24.3 Å². The van der Waals surface area contributed by atoms with E-state index >= 15 is 0 Å². The molecule has 0 spiro atoms. The second kappa shape index (κ2) is 4.77. The van der Waals surface area contributed by atoms with E-state index in [2.05, 4.69) is 0 Å². The minimum atomic E-state index is -0.890. The zero-order chi connectivity index (χ0) is 12.4. The third-order valence-electron chi connectivity index (χ3n) is 2.61. The highest BCUT2D eigenvalue weighted by atomic mass is 35.5. The first-order valence-corrected chi connectivity index (χ1v) is 5.59. The quantitative estimate of drug-likeness (QED) is 0.878. The van der Waals surface area contributed by atoms with Crippen molar-refractivity contribution in [1.82, 2.24) is 0 Å². The van der Waals surface area contributed by atoms with Crippen molar-refractivity contribution >= 4 is 28.5 Å². The van der Waals surface area contributed by atoms with Gasteiger partial charge in [0.2, 0.25) is 0 Å². The van der Waals surface area contributed by atoms with E-state index < -0.39 is 5.97 Å². The zero-order valence-corrected chi connectivity index (χ0v) is 9.78. The van der Waals surface area contributed by atoms with Crippen LogP contribution in [0, 0.1) is 0 Å². The van der Waals surface area contributed by atoms with Crippen LogP contribution in [-0.4, -0.2) is 17.6 Å². The summed E-state index contributed by atoms with van der Waals surface area (Å²) in [6.45, 7) is 0.236. The highest BCUT2D eigenvalue weighted by Gasteiger charge is 2.18. The van der Waals surface area contributed by atoms with Crippen molar-refractivity contribution in [2.24, 2.45) is 5.73 Å². The summed E-state index contributed by atoms with van der Waals surface area (Å²) >= 11 is 5.87. The Labute approximate surface area is 103 Å². The Morgan fingerprint density at radius 1 is 1.47 bits per heavy atom. The second-order valence-electron chi connectivity index (χ2n) is 3.86. The summed E-state index contributed by atoms with van der Waals surface area (Å²) in [6, 6.07) is 7.06. The van der Waals surface area contributed by atoms with Crippen LogP contribution in [0.1, 0.15) is 18.1 Å². The Balaban J connectivity index is 2.37. The maximum Gasteiger partial charge on any atom is 0.304 e. The Hall–Kier alpha value is -1.52. The Morgan fingerprint density at radius 2 is 2.24 bits per heavy atom. The highest BCUT2D eigenvalue weighted by Crippen LogP contribution is 2.28. The predicted octanol–water partition coefficient (Wildman–Crippen LogP) is 2.60. The van der Waals surface area contributed by atoms with Crippen LogP contribution in [0.4, 0.5) is 0 Å². The van der Waals surface area contributed by atoms with Crippen LogP contribution in [0.15, 0.2) is 28.7 Å². The van der Waals surface area contributed by atoms with Crippen molar-refractivity contribution in [3.05, 3.63) is 35.0 Å². The number of rotatable bonds is 4. The molecule has 17 heavy (non-hydrogen) atoms. The Morgan fingerprint density at radius 3 is 2.88 bits per heavy atom. The molecule has 1 aromatic heterocycles. The number of halogens is 1. The van der Waals surface area contributed by atoms with E-state index in [9.17, 15) is 4.79 Å². The van der Waals surface area contributed by atoms with Gasteiger partial charge in [0.1, 0.15) is 11.3 Å². The molecule has 1 aromatic carbocycles. The molecule has 0 aliphatic heterocycles. The SMILES string of the molecule is NCC(CC(=O)O)c1cc2cc(Cl)ccc2o1. The molecule has 0 bridgehead atoms. The largest absolute Gasteiger partial charge is 0.481 e. The number of carboxylic acids is 1. The molecule has 0 aliphatic carbocycles. The Kier molecular flexibility index (Phi) is 3.36. The van der Waals surface area contributed by atoms with E-state index in [1.54, 1.807) is 24.3 Å². The summed E-state index contributed by atoms with van der Waals surface area (Å²) in [5.41, 5.74) is 6.24. The van der Waals surface area contributed by atoms with Crippen LogP contribution in [0.5, 0.6) is 0 Å². The lowest BCUT2D eigenvalue weighted by molar-refractivity contribution is -0.137. The van der Waals surface area contributed by atoms with Crippen molar-refractivity contribution in [1.29, 1.82) is 0 Å². The molecule has 1 unspecified atom stereocenters. The maximum absolute atomic E-state index is 10.7. The minimum absolute atomic E-state index is 0.0376. The molecule has 4 nitrogen and oxygen atoms in total. The molecule has 5 heteroatoms. The summed E-state index contributed by atoms with van der Waals surface area (Å²) in [4.78, 5) is 10.7. The van der Waals surface area contributed by atoms with Gasteiger partial charge >= 0.3 is 5.97 Å². The first kappa shape index (κ1) is 12.0. The fourth-order valence-corrected chi connectivity index (χ4v) is 1.93. The van der Waals surface area contributed by atoms with Crippen LogP contribution in [-0.2, 0) is 4.79 Å². The average Bonchev–Trinajstić information content (AvgIpc) is 2.68. The number of carbonyl (C=O) groups is 1.